The lowest BCUT2D eigenvalue weighted by atomic mass is 10.0. The Hall–Kier alpha value is -3.85. The number of hydrogen-bond acceptors (Lipinski definition) is 4. The van der Waals surface area contributed by atoms with E-state index in [1.54, 1.807) is 54.6 Å². The highest BCUT2D eigenvalue weighted by molar-refractivity contribution is 7.92. The zero-order valence-electron chi connectivity index (χ0n) is 25.5. The lowest BCUT2D eigenvalue weighted by Crippen LogP contribution is -2.53. The van der Waals surface area contributed by atoms with Crippen molar-refractivity contribution in [1.82, 2.24) is 10.2 Å². The summed E-state index contributed by atoms with van der Waals surface area (Å²) in [6, 6.07) is 28.3. The fourth-order valence-electron chi connectivity index (χ4n) is 4.75. The molecule has 0 radical (unpaired) electrons. The number of halogens is 2. The van der Waals surface area contributed by atoms with E-state index in [2.05, 4.69) is 5.32 Å². The highest BCUT2D eigenvalue weighted by Crippen LogP contribution is 2.29. The fraction of sp³-hybridized carbons (Fsp3) is 0.257. The zero-order chi connectivity index (χ0) is 32.6. The van der Waals surface area contributed by atoms with E-state index in [4.69, 9.17) is 23.2 Å². The van der Waals surface area contributed by atoms with Crippen LogP contribution >= 0.6 is 23.2 Å². The van der Waals surface area contributed by atoms with Crippen LogP contribution in [0.1, 0.15) is 30.5 Å². The van der Waals surface area contributed by atoms with Gasteiger partial charge in [-0.25, -0.2) is 8.42 Å². The second kappa shape index (κ2) is 15.4. The van der Waals surface area contributed by atoms with E-state index in [0.29, 0.717) is 16.6 Å². The van der Waals surface area contributed by atoms with Crippen molar-refractivity contribution >= 4 is 50.7 Å². The van der Waals surface area contributed by atoms with E-state index >= 15 is 0 Å². The number of sulfonamides is 1. The number of carbonyl (C=O) groups is 2. The molecule has 45 heavy (non-hydrogen) atoms. The summed E-state index contributed by atoms with van der Waals surface area (Å²) in [5.74, 6) is -0.697. The molecule has 4 rings (SSSR count). The Morgan fingerprint density at radius 3 is 2.04 bits per heavy atom. The molecule has 2 amide bonds. The van der Waals surface area contributed by atoms with Crippen LogP contribution in [0.2, 0.25) is 10.0 Å². The smallest absolute Gasteiger partial charge is 0.264 e. The molecular weight excluding hydrogens is 629 g/mol. The molecule has 0 heterocycles. The van der Waals surface area contributed by atoms with Gasteiger partial charge in [0.1, 0.15) is 12.6 Å². The second-order valence-corrected chi connectivity index (χ2v) is 14.0. The summed E-state index contributed by atoms with van der Waals surface area (Å²) in [4.78, 5) is 29.8. The molecule has 7 nitrogen and oxygen atoms in total. The summed E-state index contributed by atoms with van der Waals surface area (Å²) >= 11 is 12.6. The number of nitrogens with zero attached hydrogens (tertiary/aromatic N) is 2. The number of rotatable bonds is 13. The number of amides is 2. The van der Waals surface area contributed by atoms with Gasteiger partial charge >= 0.3 is 0 Å². The molecule has 0 fully saturated rings. The molecule has 4 aromatic carbocycles. The highest BCUT2D eigenvalue weighted by atomic mass is 35.5. The molecule has 1 N–H and O–H groups in total. The largest absolute Gasteiger partial charge is 0.354 e. The van der Waals surface area contributed by atoms with Crippen molar-refractivity contribution < 1.29 is 18.0 Å². The normalized spacial score (nSPS) is 12.0. The summed E-state index contributed by atoms with van der Waals surface area (Å²) in [5.41, 5.74) is 2.59. The van der Waals surface area contributed by atoms with E-state index in [1.165, 1.54) is 23.1 Å². The van der Waals surface area contributed by atoms with Crippen LogP contribution in [0.5, 0.6) is 0 Å². The average molecular weight is 667 g/mol. The van der Waals surface area contributed by atoms with Gasteiger partial charge in [0.2, 0.25) is 11.8 Å². The van der Waals surface area contributed by atoms with Crippen molar-refractivity contribution in [2.75, 3.05) is 17.4 Å². The minimum absolute atomic E-state index is 0.0225. The molecule has 0 aliphatic heterocycles. The van der Waals surface area contributed by atoms with Gasteiger partial charge in [-0.2, -0.15) is 0 Å². The number of hydrogen-bond donors (Lipinski definition) is 1. The SMILES string of the molecule is Cc1ccc(N(CC(=O)N(Cc2ccc(Cl)cc2)C(Cc2ccccc2)C(=O)NCC(C)C)S(=O)(=O)c2ccccc2)cc1Cl. The molecule has 236 valence electrons. The number of aryl methyl sites for hydroxylation is 1. The highest BCUT2D eigenvalue weighted by Gasteiger charge is 2.34. The monoisotopic (exact) mass is 665 g/mol. The van der Waals surface area contributed by atoms with Crippen molar-refractivity contribution in [3.8, 4) is 0 Å². The zero-order valence-corrected chi connectivity index (χ0v) is 27.8. The Bertz CT molecular complexity index is 1700. The minimum atomic E-state index is -4.21. The van der Waals surface area contributed by atoms with Crippen LogP contribution in [0.3, 0.4) is 0 Å². The minimum Gasteiger partial charge on any atom is -0.354 e. The van der Waals surface area contributed by atoms with Crippen LogP contribution in [0.25, 0.3) is 0 Å². The number of carbonyl (C=O) groups excluding carboxylic acids is 2. The van der Waals surface area contributed by atoms with Crippen LogP contribution in [0.15, 0.2) is 108 Å². The lowest BCUT2D eigenvalue weighted by Gasteiger charge is -2.34. The van der Waals surface area contributed by atoms with Gasteiger partial charge in [-0.05, 0) is 65.9 Å². The van der Waals surface area contributed by atoms with Gasteiger partial charge in [0.15, 0.2) is 0 Å². The van der Waals surface area contributed by atoms with Crippen molar-refractivity contribution in [1.29, 1.82) is 0 Å². The summed E-state index contributed by atoms with van der Waals surface area (Å²) in [5, 5.41) is 3.88. The third-order valence-electron chi connectivity index (χ3n) is 7.28. The van der Waals surface area contributed by atoms with Crippen molar-refractivity contribution in [3.63, 3.8) is 0 Å². The summed E-state index contributed by atoms with van der Waals surface area (Å²) in [6.07, 6.45) is 0.228. The summed E-state index contributed by atoms with van der Waals surface area (Å²) < 4.78 is 29.2. The third kappa shape index (κ3) is 9.10. The maximum atomic E-state index is 14.5. The molecule has 0 aliphatic carbocycles. The molecule has 4 aromatic rings. The first-order chi connectivity index (χ1) is 21.5. The molecule has 1 unspecified atom stereocenters. The maximum Gasteiger partial charge on any atom is 0.264 e. The van der Waals surface area contributed by atoms with Crippen LogP contribution in [0, 0.1) is 12.8 Å². The van der Waals surface area contributed by atoms with E-state index in [0.717, 1.165) is 21.0 Å². The van der Waals surface area contributed by atoms with Gasteiger partial charge < -0.3 is 10.2 Å². The molecule has 0 aliphatic rings. The third-order valence-corrected chi connectivity index (χ3v) is 9.72. The Kier molecular flexibility index (Phi) is 11.7. The Balaban J connectivity index is 1.80. The van der Waals surface area contributed by atoms with Crippen LogP contribution in [-0.4, -0.2) is 44.3 Å². The van der Waals surface area contributed by atoms with Crippen molar-refractivity contribution in [2.45, 2.75) is 44.7 Å². The summed E-state index contributed by atoms with van der Waals surface area (Å²) in [7, 11) is -4.21. The van der Waals surface area contributed by atoms with E-state index in [1.807, 2.05) is 51.1 Å². The lowest BCUT2D eigenvalue weighted by molar-refractivity contribution is -0.140. The molecule has 0 bridgehead atoms. The van der Waals surface area contributed by atoms with E-state index in [9.17, 15) is 18.0 Å². The predicted octanol–water partition coefficient (Wildman–Crippen LogP) is 6.91. The molecule has 0 saturated carbocycles. The predicted molar refractivity (Wildman–Crippen MR) is 181 cm³/mol. The van der Waals surface area contributed by atoms with Gasteiger partial charge in [0.25, 0.3) is 10.0 Å². The van der Waals surface area contributed by atoms with Gasteiger partial charge in [0.05, 0.1) is 10.6 Å². The first kappa shape index (κ1) is 34.0. The van der Waals surface area contributed by atoms with Crippen molar-refractivity contribution in [3.05, 3.63) is 130 Å². The van der Waals surface area contributed by atoms with Gasteiger partial charge in [-0.15, -0.1) is 0 Å². The Labute approximate surface area is 275 Å². The van der Waals surface area contributed by atoms with Crippen LogP contribution in [0.4, 0.5) is 5.69 Å². The first-order valence-electron chi connectivity index (χ1n) is 14.6. The molecular formula is C35H37Cl2N3O4S. The Morgan fingerprint density at radius 1 is 0.822 bits per heavy atom. The summed E-state index contributed by atoms with van der Waals surface area (Å²) in [6.45, 7) is 5.70. The van der Waals surface area contributed by atoms with Gasteiger partial charge in [-0.3, -0.25) is 13.9 Å². The van der Waals surface area contributed by atoms with E-state index < -0.39 is 28.5 Å². The number of nitrogens with one attached hydrogen (secondary N) is 1. The van der Waals surface area contributed by atoms with Gasteiger partial charge in [0, 0.05) is 29.6 Å². The second-order valence-electron chi connectivity index (χ2n) is 11.3. The Morgan fingerprint density at radius 2 is 1.44 bits per heavy atom. The topological polar surface area (TPSA) is 86.8 Å². The molecule has 10 heteroatoms. The first-order valence-corrected chi connectivity index (χ1v) is 16.8. The standard InChI is InChI=1S/C35H37Cl2N3O4S/c1-25(2)22-38-35(42)33(20-27-10-6-4-7-11-27)39(23-28-15-17-29(36)18-16-28)34(41)24-40(30-19-14-26(3)32(37)21-30)45(43,44)31-12-8-5-9-13-31/h4-19,21,25,33H,20,22-24H2,1-3H3,(H,38,42). The average Bonchev–Trinajstić information content (AvgIpc) is 3.03. The number of anilines is 1. The molecule has 0 aromatic heterocycles. The van der Waals surface area contributed by atoms with Crippen LogP contribution in [-0.2, 0) is 32.6 Å². The van der Waals surface area contributed by atoms with Gasteiger partial charge in [-0.1, -0.05) is 104 Å². The molecule has 1 atom stereocenters. The number of benzene rings is 4. The quantitative estimate of drug-likeness (QED) is 0.168. The molecule has 0 saturated heterocycles. The maximum absolute atomic E-state index is 14.5. The van der Waals surface area contributed by atoms with Crippen molar-refractivity contribution in [2.24, 2.45) is 5.92 Å². The van der Waals surface area contributed by atoms with Crippen LogP contribution < -0.4 is 9.62 Å². The molecule has 0 spiro atoms. The van der Waals surface area contributed by atoms with E-state index in [-0.39, 0.29) is 35.4 Å². The fourth-order valence-corrected chi connectivity index (χ4v) is 6.48.